The van der Waals surface area contributed by atoms with Crippen molar-refractivity contribution >= 4 is 16.6 Å². The number of aliphatic imine (C=N–C) groups is 1. The molecule has 0 fully saturated rings. The quantitative estimate of drug-likeness (QED) is 0.727. The second kappa shape index (κ2) is 5.67. The number of para-hydroxylation sites is 1. The molecule has 2 unspecified atom stereocenters. The van der Waals surface area contributed by atoms with Crippen LogP contribution in [0.1, 0.15) is 19.4 Å². The summed E-state index contributed by atoms with van der Waals surface area (Å²) in [6.07, 6.45) is -2.41. The van der Waals surface area contributed by atoms with Crippen LogP contribution in [0, 0.1) is 0 Å². The zero-order valence-electron chi connectivity index (χ0n) is 12.1. The lowest BCUT2D eigenvalue weighted by atomic mass is 10.1. The molecule has 0 aliphatic heterocycles. The number of hydrogen-bond acceptors (Lipinski definition) is 5. The maximum atomic E-state index is 12.4. The maximum absolute atomic E-state index is 12.4. The van der Waals surface area contributed by atoms with E-state index in [0.29, 0.717) is 10.9 Å². The van der Waals surface area contributed by atoms with Crippen molar-refractivity contribution in [2.75, 3.05) is 0 Å². The Bertz CT molecular complexity index is 762. The first-order valence-electron chi connectivity index (χ1n) is 6.56. The van der Waals surface area contributed by atoms with Gasteiger partial charge in [-0.1, -0.05) is 12.1 Å². The van der Waals surface area contributed by atoms with E-state index in [-0.39, 0.29) is 17.0 Å². The van der Waals surface area contributed by atoms with Crippen LogP contribution >= 0.6 is 0 Å². The van der Waals surface area contributed by atoms with Crippen LogP contribution in [0.2, 0.25) is 0 Å². The van der Waals surface area contributed by atoms with Crippen LogP contribution in [0.4, 0.5) is 0 Å². The summed E-state index contributed by atoms with van der Waals surface area (Å²) in [6, 6.07) is 6.97. The summed E-state index contributed by atoms with van der Waals surface area (Å²) in [4.78, 5) is 16.2. The molecule has 0 aliphatic carbocycles. The highest BCUT2D eigenvalue weighted by molar-refractivity contribution is 6.05. The molecule has 0 aliphatic rings. The predicted molar refractivity (Wildman–Crippen MR) is 80.8 cm³/mol. The average Bonchev–Trinajstić information content (AvgIpc) is 2.45. The maximum Gasteiger partial charge on any atom is 0.263 e. The number of rotatable bonds is 3. The van der Waals surface area contributed by atoms with Gasteiger partial charge < -0.3 is 19.9 Å². The van der Waals surface area contributed by atoms with Crippen LogP contribution in [0.3, 0.4) is 0 Å². The highest BCUT2D eigenvalue weighted by Gasteiger charge is 2.18. The third-order valence-electron chi connectivity index (χ3n) is 3.40. The molecular weight excluding hydrogens is 272 g/mol. The van der Waals surface area contributed by atoms with Gasteiger partial charge in [-0.3, -0.25) is 9.79 Å². The fourth-order valence-electron chi connectivity index (χ4n) is 2.18. The molecule has 0 spiro atoms. The fraction of sp³-hybridized carbons (Fsp3) is 0.333. The molecule has 0 saturated carbocycles. The molecule has 1 aromatic heterocycles. The standard InChI is InChI=1S/C15H18N2O4/c1-8(16-14(20)9(2)18)12-13(19)10-6-4-5-7-11(10)17(3)15(12)21/h4-7,9,14,18-20H,1-3H3. The van der Waals surface area contributed by atoms with Gasteiger partial charge in [0, 0.05) is 12.4 Å². The molecule has 0 saturated heterocycles. The zero-order valence-corrected chi connectivity index (χ0v) is 12.1. The topological polar surface area (TPSA) is 95.1 Å². The number of aliphatic hydroxyl groups excluding tert-OH is 2. The van der Waals surface area contributed by atoms with Crippen molar-refractivity contribution < 1.29 is 15.3 Å². The van der Waals surface area contributed by atoms with Crippen LogP contribution in [0.15, 0.2) is 34.1 Å². The SMILES string of the molecule is CC(=NC(O)C(C)O)c1c(O)c2ccccc2n(C)c1=O. The Hall–Kier alpha value is -2.18. The monoisotopic (exact) mass is 290 g/mol. The number of aromatic hydroxyl groups is 1. The Morgan fingerprint density at radius 1 is 1.29 bits per heavy atom. The summed E-state index contributed by atoms with van der Waals surface area (Å²) in [5, 5.41) is 29.7. The lowest BCUT2D eigenvalue weighted by Crippen LogP contribution is -2.27. The third-order valence-corrected chi connectivity index (χ3v) is 3.40. The van der Waals surface area contributed by atoms with Crippen LogP contribution in [0.25, 0.3) is 10.9 Å². The largest absolute Gasteiger partial charge is 0.506 e. The molecule has 6 nitrogen and oxygen atoms in total. The molecule has 2 rings (SSSR count). The van der Waals surface area contributed by atoms with Crippen LogP contribution in [0.5, 0.6) is 5.75 Å². The molecule has 2 atom stereocenters. The lowest BCUT2D eigenvalue weighted by molar-refractivity contribution is 0.0376. The fourth-order valence-corrected chi connectivity index (χ4v) is 2.18. The molecule has 3 N–H and O–H groups in total. The molecule has 0 amide bonds. The van der Waals surface area contributed by atoms with Gasteiger partial charge in [0.2, 0.25) is 0 Å². The summed E-state index contributed by atoms with van der Waals surface area (Å²) in [5.74, 6) is -0.173. The van der Waals surface area contributed by atoms with Crippen molar-refractivity contribution in [3.8, 4) is 5.75 Å². The molecule has 112 valence electrons. The molecule has 1 heterocycles. The minimum atomic E-state index is -1.35. The van der Waals surface area contributed by atoms with Gasteiger partial charge in [0.1, 0.15) is 11.3 Å². The summed E-state index contributed by atoms with van der Waals surface area (Å²) >= 11 is 0. The molecule has 21 heavy (non-hydrogen) atoms. The van der Waals surface area contributed by atoms with E-state index in [1.165, 1.54) is 18.4 Å². The first kappa shape index (κ1) is 15.2. The summed E-state index contributed by atoms with van der Waals surface area (Å²) in [7, 11) is 1.60. The number of aryl methyl sites for hydroxylation is 1. The Labute approximate surface area is 121 Å². The van der Waals surface area contributed by atoms with Crippen molar-refractivity contribution in [2.24, 2.45) is 12.0 Å². The van der Waals surface area contributed by atoms with Crippen molar-refractivity contribution in [3.63, 3.8) is 0 Å². The van der Waals surface area contributed by atoms with E-state index >= 15 is 0 Å². The van der Waals surface area contributed by atoms with Gasteiger partial charge in [0.25, 0.3) is 5.56 Å². The highest BCUT2D eigenvalue weighted by atomic mass is 16.3. The second-order valence-corrected chi connectivity index (χ2v) is 4.97. The summed E-state index contributed by atoms with van der Waals surface area (Å²) < 4.78 is 1.41. The van der Waals surface area contributed by atoms with Gasteiger partial charge in [0.05, 0.1) is 17.3 Å². The van der Waals surface area contributed by atoms with Gasteiger partial charge in [-0.2, -0.15) is 0 Å². The smallest absolute Gasteiger partial charge is 0.263 e. The van der Waals surface area contributed by atoms with Gasteiger partial charge >= 0.3 is 0 Å². The molecular formula is C15H18N2O4. The van der Waals surface area contributed by atoms with Crippen molar-refractivity contribution in [1.82, 2.24) is 4.57 Å². The number of pyridine rings is 1. The van der Waals surface area contributed by atoms with Gasteiger partial charge in [-0.25, -0.2) is 0 Å². The molecule has 2 aromatic rings. The van der Waals surface area contributed by atoms with Gasteiger partial charge in [-0.15, -0.1) is 0 Å². The van der Waals surface area contributed by atoms with E-state index in [4.69, 9.17) is 0 Å². The van der Waals surface area contributed by atoms with E-state index in [1.807, 2.05) is 0 Å². The van der Waals surface area contributed by atoms with Crippen LogP contribution in [-0.2, 0) is 7.05 Å². The number of fused-ring (bicyclic) bond motifs is 1. The van der Waals surface area contributed by atoms with E-state index in [0.717, 1.165) is 0 Å². The van der Waals surface area contributed by atoms with Gasteiger partial charge in [0.15, 0.2) is 6.23 Å². The molecule has 0 bridgehead atoms. The first-order chi connectivity index (χ1) is 9.84. The molecule has 1 aromatic carbocycles. The average molecular weight is 290 g/mol. The van der Waals surface area contributed by atoms with Gasteiger partial charge in [-0.05, 0) is 26.0 Å². The molecule has 0 radical (unpaired) electrons. The number of aromatic nitrogens is 1. The van der Waals surface area contributed by atoms with E-state index in [1.54, 1.807) is 31.3 Å². The first-order valence-corrected chi connectivity index (χ1v) is 6.56. The van der Waals surface area contributed by atoms with Crippen molar-refractivity contribution in [3.05, 3.63) is 40.2 Å². The van der Waals surface area contributed by atoms with Crippen LogP contribution in [-0.4, -0.2) is 37.9 Å². The van der Waals surface area contributed by atoms with E-state index in [2.05, 4.69) is 4.99 Å². The number of nitrogens with zero attached hydrogens (tertiary/aromatic N) is 2. The molecule has 6 heteroatoms. The minimum Gasteiger partial charge on any atom is -0.506 e. The van der Waals surface area contributed by atoms with Crippen LogP contribution < -0.4 is 5.56 Å². The Balaban J connectivity index is 2.73. The number of aliphatic hydroxyl groups is 2. The highest BCUT2D eigenvalue weighted by Crippen LogP contribution is 2.26. The lowest BCUT2D eigenvalue weighted by Gasteiger charge is -2.13. The van der Waals surface area contributed by atoms with Crippen molar-refractivity contribution in [1.29, 1.82) is 0 Å². The minimum absolute atomic E-state index is 0.0240. The van der Waals surface area contributed by atoms with Crippen molar-refractivity contribution in [2.45, 2.75) is 26.2 Å². The van der Waals surface area contributed by atoms with E-state index in [9.17, 15) is 20.1 Å². The number of benzene rings is 1. The summed E-state index contributed by atoms with van der Waals surface area (Å²) in [5.41, 5.74) is 0.390. The Kier molecular flexibility index (Phi) is 4.11. The second-order valence-electron chi connectivity index (χ2n) is 4.97. The number of hydrogen-bond donors (Lipinski definition) is 3. The zero-order chi connectivity index (χ0) is 15.7. The Morgan fingerprint density at radius 3 is 2.52 bits per heavy atom. The predicted octanol–water partition coefficient (Wildman–Crippen LogP) is 0.752. The third kappa shape index (κ3) is 2.68. The Morgan fingerprint density at radius 2 is 1.90 bits per heavy atom. The van der Waals surface area contributed by atoms with E-state index < -0.39 is 17.9 Å². The normalized spacial score (nSPS) is 15.2. The summed E-state index contributed by atoms with van der Waals surface area (Å²) in [6.45, 7) is 2.90.